The van der Waals surface area contributed by atoms with Gasteiger partial charge in [-0.15, -0.1) is 0 Å². The molecule has 0 saturated heterocycles. The van der Waals surface area contributed by atoms with Crippen LogP contribution in [-0.2, 0) is 10.0 Å². The highest BCUT2D eigenvalue weighted by atomic mass is 79.9. The molecule has 0 aromatic heterocycles. The largest absolute Gasteiger partial charge is 0.496 e. The normalized spacial score (nSPS) is 11.0. The Morgan fingerprint density at radius 2 is 1.90 bits per heavy atom. The van der Waals surface area contributed by atoms with Gasteiger partial charge < -0.3 is 10.2 Å². The molecule has 0 aliphatic carbocycles. The average Bonchev–Trinajstić information content (AvgIpc) is 2.47. The number of sulfonamides is 1. The standard InChI is InChI=1S/C13H14BrN3O3S/c1-20-12-7-6-9(8-10(12)14)17-21(18,19)13-5-3-2-4-11(13)16-15/h2-8,16-17H,15H2,1H3. The highest BCUT2D eigenvalue weighted by Crippen LogP contribution is 2.29. The Balaban J connectivity index is 2.35. The van der Waals surface area contributed by atoms with Crippen LogP contribution in [0.4, 0.5) is 11.4 Å². The van der Waals surface area contributed by atoms with Gasteiger partial charge in [0.15, 0.2) is 0 Å². The molecule has 0 saturated carbocycles. The van der Waals surface area contributed by atoms with Gasteiger partial charge >= 0.3 is 0 Å². The van der Waals surface area contributed by atoms with Crippen molar-refractivity contribution >= 4 is 37.3 Å². The van der Waals surface area contributed by atoms with Gasteiger partial charge in [0.2, 0.25) is 0 Å². The van der Waals surface area contributed by atoms with E-state index in [9.17, 15) is 8.42 Å². The molecule has 0 aliphatic heterocycles. The minimum atomic E-state index is -3.75. The summed E-state index contributed by atoms with van der Waals surface area (Å²) in [7, 11) is -2.21. The zero-order valence-electron chi connectivity index (χ0n) is 11.1. The van der Waals surface area contributed by atoms with Crippen LogP contribution in [0, 0.1) is 0 Å². The molecular weight excluding hydrogens is 358 g/mol. The van der Waals surface area contributed by atoms with Crippen LogP contribution in [0.3, 0.4) is 0 Å². The van der Waals surface area contributed by atoms with E-state index >= 15 is 0 Å². The van der Waals surface area contributed by atoms with E-state index in [1.54, 1.807) is 36.4 Å². The van der Waals surface area contributed by atoms with Crippen molar-refractivity contribution in [2.75, 3.05) is 17.3 Å². The van der Waals surface area contributed by atoms with Crippen LogP contribution in [0.5, 0.6) is 5.75 Å². The van der Waals surface area contributed by atoms with Gasteiger partial charge in [-0.1, -0.05) is 12.1 Å². The summed E-state index contributed by atoms with van der Waals surface area (Å²) < 4.78 is 33.0. The highest BCUT2D eigenvalue weighted by Gasteiger charge is 2.18. The fourth-order valence-electron chi connectivity index (χ4n) is 1.76. The summed E-state index contributed by atoms with van der Waals surface area (Å²) in [5.41, 5.74) is 3.10. The van der Waals surface area contributed by atoms with Gasteiger partial charge in [0.1, 0.15) is 10.6 Å². The van der Waals surface area contributed by atoms with Crippen LogP contribution in [0.15, 0.2) is 51.8 Å². The zero-order valence-corrected chi connectivity index (χ0v) is 13.5. The summed E-state index contributed by atoms with van der Waals surface area (Å²) in [4.78, 5) is 0.0689. The number of nitrogens with two attached hydrogens (primary N) is 1. The van der Waals surface area contributed by atoms with Gasteiger partial charge in [-0.25, -0.2) is 8.42 Å². The molecule has 6 nitrogen and oxygen atoms in total. The average molecular weight is 372 g/mol. The first-order valence-corrected chi connectivity index (χ1v) is 8.17. The second-order valence-corrected chi connectivity index (χ2v) is 6.60. The predicted molar refractivity (Wildman–Crippen MR) is 85.8 cm³/mol. The Labute approximate surface area is 131 Å². The second kappa shape index (κ2) is 6.33. The molecule has 0 unspecified atom stereocenters. The predicted octanol–water partition coefficient (Wildman–Crippen LogP) is 2.54. The third kappa shape index (κ3) is 3.46. The molecule has 4 N–H and O–H groups in total. The van der Waals surface area contributed by atoms with Gasteiger partial charge in [0.05, 0.1) is 23.0 Å². The lowest BCUT2D eigenvalue weighted by Crippen LogP contribution is -2.17. The number of hydrazine groups is 1. The van der Waals surface area contributed by atoms with Crippen molar-refractivity contribution in [3.63, 3.8) is 0 Å². The maximum absolute atomic E-state index is 12.4. The zero-order chi connectivity index (χ0) is 15.5. The fourth-order valence-corrected chi connectivity index (χ4v) is 3.52. The third-order valence-electron chi connectivity index (χ3n) is 2.74. The number of methoxy groups -OCH3 is 1. The number of rotatable bonds is 5. The number of hydrogen-bond donors (Lipinski definition) is 3. The minimum Gasteiger partial charge on any atom is -0.496 e. The highest BCUT2D eigenvalue weighted by molar-refractivity contribution is 9.10. The molecule has 2 rings (SSSR count). The monoisotopic (exact) mass is 371 g/mol. The number of ether oxygens (including phenoxy) is 1. The summed E-state index contributed by atoms with van der Waals surface area (Å²) in [5, 5.41) is 0. The van der Waals surface area contributed by atoms with E-state index in [1.807, 2.05) is 0 Å². The molecule has 0 atom stereocenters. The summed E-state index contributed by atoms with van der Waals surface area (Å²) in [6.07, 6.45) is 0. The topological polar surface area (TPSA) is 93.4 Å². The van der Waals surface area contributed by atoms with Crippen LogP contribution in [-0.4, -0.2) is 15.5 Å². The van der Waals surface area contributed by atoms with Crippen molar-refractivity contribution < 1.29 is 13.2 Å². The number of para-hydroxylation sites is 1. The third-order valence-corrected chi connectivity index (χ3v) is 4.80. The van der Waals surface area contributed by atoms with E-state index in [1.165, 1.54) is 13.2 Å². The van der Waals surface area contributed by atoms with Crippen LogP contribution < -0.4 is 20.7 Å². The van der Waals surface area contributed by atoms with Gasteiger partial charge in [-0.3, -0.25) is 10.6 Å². The number of halogens is 1. The molecule has 2 aromatic rings. The Morgan fingerprint density at radius 1 is 1.19 bits per heavy atom. The molecule has 0 heterocycles. The smallest absolute Gasteiger partial charge is 0.264 e. The molecule has 2 aromatic carbocycles. The summed E-state index contributed by atoms with van der Waals surface area (Å²) in [6.45, 7) is 0. The van der Waals surface area contributed by atoms with Crippen LogP contribution in [0.1, 0.15) is 0 Å². The number of nitrogen functional groups attached to an aromatic ring is 1. The van der Waals surface area contributed by atoms with Crippen molar-refractivity contribution in [1.29, 1.82) is 0 Å². The lowest BCUT2D eigenvalue weighted by Gasteiger charge is -2.12. The first-order chi connectivity index (χ1) is 9.97. The molecule has 8 heteroatoms. The molecule has 0 spiro atoms. The molecule has 0 amide bonds. The molecule has 0 bridgehead atoms. The Hall–Kier alpha value is -1.77. The van der Waals surface area contributed by atoms with Gasteiger partial charge in [-0.05, 0) is 46.3 Å². The maximum atomic E-state index is 12.4. The first-order valence-electron chi connectivity index (χ1n) is 5.90. The minimum absolute atomic E-state index is 0.0689. The molecule has 0 fully saturated rings. The van der Waals surface area contributed by atoms with E-state index in [4.69, 9.17) is 10.6 Å². The Bertz CT molecular complexity index is 750. The lowest BCUT2D eigenvalue weighted by atomic mass is 10.3. The van der Waals surface area contributed by atoms with Crippen molar-refractivity contribution in [2.24, 2.45) is 5.84 Å². The number of nitrogens with one attached hydrogen (secondary N) is 2. The number of anilines is 2. The SMILES string of the molecule is COc1ccc(NS(=O)(=O)c2ccccc2NN)cc1Br. The molecule has 21 heavy (non-hydrogen) atoms. The lowest BCUT2D eigenvalue weighted by molar-refractivity contribution is 0.412. The first kappa shape index (κ1) is 15.6. The summed E-state index contributed by atoms with van der Waals surface area (Å²) >= 11 is 3.31. The second-order valence-electron chi connectivity index (χ2n) is 4.10. The van der Waals surface area contributed by atoms with Crippen molar-refractivity contribution in [1.82, 2.24) is 0 Å². The van der Waals surface area contributed by atoms with Gasteiger partial charge in [0.25, 0.3) is 10.0 Å². The van der Waals surface area contributed by atoms with Gasteiger partial charge in [0, 0.05) is 0 Å². The molecular formula is C13H14BrN3O3S. The van der Waals surface area contributed by atoms with Crippen LogP contribution in [0.2, 0.25) is 0 Å². The van der Waals surface area contributed by atoms with Crippen LogP contribution in [0.25, 0.3) is 0 Å². The van der Waals surface area contributed by atoms with E-state index in [0.29, 0.717) is 21.6 Å². The molecule has 0 radical (unpaired) electrons. The van der Waals surface area contributed by atoms with E-state index in [2.05, 4.69) is 26.1 Å². The molecule has 112 valence electrons. The van der Waals surface area contributed by atoms with Crippen LogP contribution >= 0.6 is 15.9 Å². The Morgan fingerprint density at radius 3 is 2.52 bits per heavy atom. The van der Waals surface area contributed by atoms with E-state index < -0.39 is 10.0 Å². The van der Waals surface area contributed by atoms with Crippen molar-refractivity contribution in [3.8, 4) is 5.75 Å². The Kier molecular flexibility index (Phi) is 4.71. The van der Waals surface area contributed by atoms with Crippen molar-refractivity contribution in [3.05, 3.63) is 46.9 Å². The summed E-state index contributed by atoms with van der Waals surface area (Å²) in [5.74, 6) is 5.95. The number of hydrogen-bond acceptors (Lipinski definition) is 5. The van der Waals surface area contributed by atoms with E-state index in [-0.39, 0.29) is 4.90 Å². The van der Waals surface area contributed by atoms with E-state index in [0.717, 1.165) is 0 Å². The van der Waals surface area contributed by atoms with Crippen molar-refractivity contribution in [2.45, 2.75) is 4.90 Å². The quantitative estimate of drug-likeness (QED) is 0.554. The van der Waals surface area contributed by atoms with Gasteiger partial charge in [-0.2, -0.15) is 0 Å². The number of benzene rings is 2. The maximum Gasteiger partial charge on any atom is 0.264 e. The molecule has 0 aliphatic rings. The summed E-state index contributed by atoms with van der Waals surface area (Å²) in [6, 6.07) is 11.3. The fraction of sp³-hybridized carbons (Fsp3) is 0.0769.